The molecule has 1 fully saturated rings. The third-order valence-corrected chi connectivity index (χ3v) is 16.6. The quantitative estimate of drug-likeness (QED) is 0.0115. The number of aliphatic carboxylic acids is 1. The highest BCUT2D eigenvalue weighted by Crippen LogP contribution is 2.32. The maximum Gasteiger partial charge on any atom is 0.310 e. The van der Waals surface area contributed by atoms with Gasteiger partial charge in [-0.25, -0.2) is 9.98 Å². The number of nitrogens with one attached hydrogen (secondary N) is 5. The molecule has 0 saturated carbocycles. The normalized spacial score (nSPS) is 16.9. The average Bonchev–Trinajstić information content (AvgIpc) is 1.96. The van der Waals surface area contributed by atoms with E-state index >= 15 is 0 Å². The molecule has 1 aromatic heterocycles. The first-order valence-corrected chi connectivity index (χ1v) is 31.5. The fourth-order valence-corrected chi connectivity index (χ4v) is 11.2. The maximum atomic E-state index is 14.4. The van der Waals surface area contributed by atoms with Crippen molar-refractivity contribution < 1.29 is 72.4 Å². The van der Waals surface area contributed by atoms with Crippen LogP contribution in [-0.4, -0.2) is 178 Å². The molecule has 25 nitrogen and oxygen atoms in total. The van der Waals surface area contributed by atoms with Crippen LogP contribution in [0.15, 0.2) is 53.4 Å². The predicted molar refractivity (Wildman–Crippen MR) is 342 cm³/mol. The van der Waals surface area contributed by atoms with Crippen LogP contribution in [0.3, 0.4) is 0 Å². The number of hydrogen-bond acceptors (Lipinski definition) is 17. The molecule has 2 aliphatic rings. The van der Waals surface area contributed by atoms with Gasteiger partial charge in [-0.2, -0.15) is 0 Å². The second-order valence-electron chi connectivity index (χ2n) is 25.3. The number of aromatic hydroxyl groups is 1. The lowest BCUT2D eigenvalue weighted by atomic mass is 9.89. The Morgan fingerprint density at radius 1 is 0.945 bits per heavy atom. The van der Waals surface area contributed by atoms with Crippen LogP contribution < -0.4 is 26.6 Å². The summed E-state index contributed by atoms with van der Waals surface area (Å²) >= 11 is 1.03. The predicted octanol–water partition coefficient (Wildman–Crippen LogP) is 5.28. The summed E-state index contributed by atoms with van der Waals surface area (Å²) in [5, 5.41) is 36.1. The van der Waals surface area contributed by atoms with Gasteiger partial charge >= 0.3 is 11.9 Å². The Hall–Kier alpha value is -8.15. The zero-order valence-corrected chi connectivity index (χ0v) is 55.3. The van der Waals surface area contributed by atoms with E-state index in [4.69, 9.17) is 15.9 Å². The van der Waals surface area contributed by atoms with Gasteiger partial charge in [-0.15, -0.1) is 24.3 Å². The highest BCUT2D eigenvalue weighted by atomic mass is 32.1. The molecule has 9 amide bonds. The number of aromatic nitrogens is 1. The van der Waals surface area contributed by atoms with E-state index in [-0.39, 0.29) is 98.1 Å². The lowest BCUT2D eigenvalue weighted by molar-refractivity contribution is -0.148. The van der Waals surface area contributed by atoms with Gasteiger partial charge in [0, 0.05) is 81.4 Å². The van der Waals surface area contributed by atoms with E-state index in [0.717, 1.165) is 29.1 Å². The number of carboxylic acid groups (broad SMARTS) is 1. The van der Waals surface area contributed by atoms with Crippen LogP contribution in [0.2, 0.25) is 0 Å². The van der Waals surface area contributed by atoms with Gasteiger partial charge in [-0.1, -0.05) is 72.9 Å². The van der Waals surface area contributed by atoms with Crippen LogP contribution in [0, 0.1) is 40.9 Å². The van der Waals surface area contributed by atoms with Crippen molar-refractivity contribution >= 4 is 87.8 Å². The number of ether oxygens (including phenoxy) is 2. The minimum atomic E-state index is -1.21. The molecule has 2 aromatic rings. The number of likely N-dealkylation sites (N-methyl/N-ethyl adjacent to an activating group) is 1. The lowest BCUT2D eigenvalue weighted by Gasteiger charge is -2.34. The number of rotatable bonds is 35. The number of phenolic OH excluding ortho intramolecular Hbond substituents is 1. The number of anilines is 1. The highest BCUT2D eigenvalue weighted by molar-refractivity contribution is 7.09. The number of terminal acetylenes is 1. The van der Waals surface area contributed by atoms with Crippen LogP contribution in [0.5, 0.6) is 5.75 Å². The number of amides is 9. The summed E-state index contributed by atoms with van der Waals surface area (Å²) in [5.74, 6) is -6.33. The second-order valence-corrected chi connectivity index (χ2v) is 26.2. The number of thiazole rings is 1. The summed E-state index contributed by atoms with van der Waals surface area (Å²) in [6, 6.07) is -0.0292. The molecule has 3 heterocycles. The third-order valence-electron chi connectivity index (χ3n) is 15.7. The first-order chi connectivity index (χ1) is 42.7. The van der Waals surface area contributed by atoms with E-state index in [1.807, 2.05) is 53.5 Å². The Labute approximate surface area is 537 Å². The zero-order valence-electron chi connectivity index (χ0n) is 54.5. The Kier molecular flexibility index (Phi) is 28.9. The minimum absolute atomic E-state index is 0.0237. The Balaban J connectivity index is 1.37. The SMILES string of the molecule is C#C[C@@H](CC)/C(=N\C(=O)C1CCCCN1C)C(=O)N(C)[C@H](C[C@@H](OC(C)=O)c1nc(C(=O)N[C@@H](Cc2ccc(O)c(NC(=O)[C@H](C)NC(=O)[C@H](C)NC(=O)CC(C)(C)COCC(C)(C)CNC(=O)CCCN3C(=O)C=CC3=O)c2)C[C@H](C=C)C(=O)O)cs1)C(C)C. The molecule has 498 valence electrons. The monoisotopic (exact) mass is 1280 g/mol. The molecule has 0 spiro atoms. The summed E-state index contributed by atoms with van der Waals surface area (Å²) in [4.78, 5) is 156. The number of benzene rings is 1. The van der Waals surface area contributed by atoms with Gasteiger partial charge in [-0.05, 0) is 95.0 Å². The topological polar surface area (TPSA) is 342 Å². The van der Waals surface area contributed by atoms with Gasteiger partial charge in [0.05, 0.1) is 36.8 Å². The molecule has 26 heteroatoms. The molecule has 1 aromatic carbocycles. The third kappa shape index (κ3) is 23.6. The summed E-state index contributed by atoms with van der Waals surface area (Å²) < 4.78 is 11.8. The number of piperidine rings is 1. The van der Waals surface area contributed by atoms with Crippen molar-refractivity contribution in [1.29, 1.82) is 0 Å². The fourth-order valence-electron chi connectivity index (χ4n) is 10.4. The molecule has 4 rings (SSSR count). The van der Waals surface area contributed by atoms with Crippen molar-refractivity contribution in [2.24, 2.45) is 33.6 Å². The van der Waals surface area contributed by atoms with Crippen LogP contribution in [0.25, 0.3) is 0 Å². The molecule has 0 aliphatic carbocycles. The Morgan fingerprint density at radius 2 is 1.60 bits per heavy atom. The number of carbonyl (C=O) groups excluding carboxylic acids is 10. The van der Waals surface area contributed by atoms with Crippen molar-refractivity contribution in [2.75, 3.05) is 52.3 Å². The minimum Gasteiger partial charge on any atom is -0.506 e. The molecule has 1 unspecified atom stereocenters. The molecule has 0 radical (unpaired) electrons. The molecule has 0 bridgehead atoms. The standard InChI is InChI=1S/C65H92N10O15S/c1-15-43(16-2)56(72-60(85)48-21-18-19-27-73(48)13)62(86)74(14)49(38(4)5)32-51(90-41(8)76)61-71-47(34-91-61)59(84)69-45(31-44(17-3)63(87)88)29-42-23-24-50(77)46(30-42)70-58(83)40(7)68-57(82)39(6)67-53(79)33-64(9,10)36-89-37-65(11,12)35-66-52(78)22-20-28-75-54(80)25-26-55(75)81/h1,17,23-26,30,34,38-40,43-45,48-49,51,77H,3,16,18-22,27-29,31-33,35-37H2,2,4-14H3,(H,66,78)(H,67,79)(H,68,82)(H,69,84)(H,70,83)(H,87,88)/b72-56+/t39-,40-,43-,44-,45-,48?,49+,51+/m0/s1. The van der Waals surface area contributed by atoms with Crippen molar-refractivity contribution in [3.05, 3.63) is 64.7 Å². The van der Waals surface area contributed by atoms with E-state index in [2.05, 4.69) is 49.1 Å². The number of phenols is 1. The fraction of sp³-hybridized carbons (Fsp3) is 0.585. The van der Waals surface area contributed by atoms with Gasteiger partial charge < -0.3 is 51.2 Å². The largest absolute Gasteiger partial charge is 0.506 e. The van der Waals surface area contributed by atoms with E-state index in [1.54, 1.807) is 14.0 Å². The van der Waals surface area contributed by atoms with Crippen molar-refractivity contribution in [1.82, 2.24) is 41.0 Å². The van der Waals surface area contributed by atoms with E-state index in [1.165, 1.54) is 67.5 Å². The summed E-state index contributed by atoms with van der Waals surface area (Å²) in [6.07, 6.45) is 11.5. The van der Waals surface area contributed by atoms with Gasteiger partial charge in [0.2, 0.25) is 23.6 Å². The number of carboxylic acids is 1. The second kappa shape index (κ2) is 34.9. The molecular formula is C65H92N10O15S. The van der Waals surface area contributed by atoms with Crippen molar-refractivity contribution in [2.45, 2.75) is 170 Å². The Bertz CT molecular complexity index is 3080. The molecule has 91 heavy (non-hydrogen) atoms. The average molecular weight is 1290 g/mol. The molecule has 7 N–H and O–H groups in total. The summed E-state index contributed by atoms with van der Waals surface area (Å²) in [6.45, 7) is 22.3. The molecule has 8 atom stereocenters. The number of carbonyl (C=O) groups is 11. The zero-order chi connectivity index (χ0) is 68.1. The summed E-state index contributed by atoms with van der Waals surface area (Å²) in [5.41, 5.74) is -0.924. The van der Waals surface area contributed by atoms with Gasteiger partial charge in [0.15, 0.2) is 6.10 Å². The van der Waals surface area contributed by atoms with Gasteiger partial charge in [0.25, 0.3) is 29.5 Å². The first kappa shape index (κ1) is 75.3. The van der Waals surface area contributed by atoms with Gasteiger partial charge in [-0.3, -0.25) is 62.5 Å². The van der Waals surface area contributed by atoms with Crippen LogP contribution in [-0.2, 0) is 63.8 Å². The van der Waals surface area contributed by atoms with Crippen LogP contribution in [0.1, 0.15) is 154 Å². The number of likely N-dealkylation sites (tertiary alicyclic amines) is 1. The summed E-state index contributed by atoms with van der Waals surface area (Å²) in [7, 11) is 3.41. The first-order valence-electron chi connectivity index (χ1n) is 30.6. The molecule has 1 saturated heterocycles. The highest BCUT2D eigenvalue weighted by Gasteiger charge is 2.37. The van der Waals surface area contributed by atoms with E-state index in [0.29, 0.717) is 31.4 Å². The number of aliphatic imine (C=N–C) groups is 1. The lowest BCUT2D eigenvalue weighted by Crippen LogP contribution is -2.51. The van der Waals surface area contributed by atoms with Crippen molar-refractivity contribution in [3.63, 3.8) is 0 Å². The van der Waals surface area contributed by atoms with E-state index in [9.17, 15) is 63.0 Å². The maximum absolute atomic E-state index is 14.4. The number of esters is 1. The van der Waals surface area contributed by atoms with Crippen LogP contribution >= 0.6 is 11.3 Å². The molecular weight excluding hydrogens is 1190 g/mol. The molecule has 2 aliphatic heterocycles. The number of hydrogen-bond donors (Lipinski definition) is 7. The van der Waals surface area contributed by atoms with Gasteiger partial charge in [0.1, 0.15) is 34.2 Å². The van der Waals surface area contributed by atoms with E-state index < -0.39 is 118 Å². The number of nitrogens with zero attached hydrogens (tertiary/aromatic N) is 5. The Morgan fingerprint density at radius 3 is 2.21 bits per heavy atom. The van der Waals surface area contributed by atoms with Crippen LogP contribution in [0.4, 0.5) is 5.69 Å². The van der Waals surface area contributed by atoms with Crippen molar-refractivity contribution in [3.8, 4) is 18.1 Å². The number of imide groups is 1. The smallest absolute Gasteiger partial charge is 0.310 e.